The van der Waals surface area contributed by atoms with E-state index in [9.17, 15) is 4.79 Å². The molecule has 2 aromatic rings. The molecular formula is C15H14ClN3O. The molecule has 1 aliphatic rings. The molecule has 0 saturated heterocycles. The van der Waals surface area contributed by atoms with Crippen molar-refractivity contribution in [1.82, 2.24) is 9.97 Å². The number of amides is 1. The van der Waals surface area contributed by atoms with Crippen molar-refractivity contribution in [3.8, 4) is 0 Å². The zero-order valence-corrected chi connectivity index (χ0v) is 11.8. The monoisotopic (exact) mass is 287 g/mol. The Balaban J connectivity index is 2.05. The van der Waals surface area contributed by atoms with Crippen LogP contribution >= 0.6 is 11.6 Å². The molecule has 1 aromatic heterocycles. The van der Waals surface area contributed by atoms with Crippen molar-refractivity contribution < 1.29 is 4.79 Å². The van der Waals surface area contributed by atoms with Crippen molar-refractivity contribution in [3.63, 3.8) is 0 Å². The van der Waals surface area contributed by atoms with E-state index in [1.54, 1.807) is 11.1 Å². The molecule has 0 spiro atoms. The van der Waals surface area contributed by atoms with E-state index in [4.69, 9.17) is 11.6 Å². The largest absolute Gasteiger partial charge is 0.289 e. The Kier molecular flexibility index (Phi) is 3.40. The van der Waals surface area contributed by atoms with Gasteiger partial charge in [0.15, 0.2) is 0 Å². The quantitative estimate of drug-likeness (QED) is 0.815. The standard InChI is InChI=1S/C15H14ClN3O/c1-2-12(10-6-4-3-5-7-10)19-13(20)8-11-9-17-15(16)18-14(11)19/h3-7,9,12H,2,8H2,1H3. The second-order valence-corrected chi connectivity index (χ2v) is 5.10. The van der Waals surface area contributed by atoms with Gasteiger partial charge in [-0.3, -0.25) is 9.69 Å². The van der Waals surface area contributed by atoms with Crippen LogP contribution in [0.15, 0.2) is 36.5 Å². The first-order valence-electron chi connectivity index (χ1n) is 6.59. The molecule has 1 unspecified atom stereocenters. The summed E-state index contributed by atoms with van der Waals surface area (Å²) in [6.45, 7) is 2.06. The topological polar surface area (TPSA) is 46.1 Å². The average molecular weight is 288 g/mol. The van der Waals surface area contributed by atoms with Crippen LogP contribution in [0, 0.1) is 0 Å². The van der Waals surface area contributed by atoms with Gasteiger partial charge in [-0.15, -0.1) is 0 Å². The van der Waals surface area contributed by atoms with Gasteiger partial charge in [-0.2, -0.15) is 4.98 Å². The van der Waals surface area contributed by atoms with Gasteiger partial charge in [0.2, 0.25) is 11.2 Å². The predicted molar refractivity (Wildman–Crippen MR) is 77.7 cm³/mol. The average Bonchev–Trinajstić information content (AvgIpc) is 2.77. The Labute approximate surface area is 122 Å². The molecule has 1 amide bonds. The zero-order chi connectivity index (χ0) is 14.1. The first-order valence-corrected chi connectivity index (χ1v) is 6.97. The summed E-state index contributed by atoms with van der Waals surface area (Å²) in [4.78, 5) is 22.3. The molecule has 2 heterocycles. The van der Waals surface area contributed by atoms with Gasteiger partial charge in [-0.05, 0) is 23.6 Å². The van der Waals surface area contributed by atoms with Gasteiger partial charge in [-0.1, -0.05) is 37.3 Å². The van der Waals surface area contributed by atoms with Crippen LogP contribution in [0.25, 0.3) is 0 Å². The molecule has 5 heteroatoms. The van der Waals surface area contributed by atoms with Gasteiger partial charge >= 0.3 is 0 Å². The lowest BCUT2D eigenvalue weighted by atomic mass is 10.0. The first-order chi connectivity index (χ1) is 9.70. The van der Waals surface area contributed by atoms with Crippen molar-refractivity contribution in [2.45, 2.75) is 25.8 Å². The summed E-state index contributed by atoms with van der Waals surface area (Å²) in [6, 6.07) is 9.97. The number of fused-ring (bicyclic) bond motifs is 1. The van der Waals surface area contributed by atoms with Crippen LogP contribution in [0.1, 0.15) is 30.5 Å². The second-order valence-electron chi connectivity index (χ2n) is 4.76. The normalized spacial score (nSPS) is 15.3. The lowest BCUT2D eigenvalue weighted by Crippen LogP contribution is -2.31. The number of nitrogens with zero attached hydrogens (tertiary/aromatic N) is 3. The van der Waals surface area contributed by atoms with Crippen LogP contribution < -0.4 is 4.90 Å². The number of hydrogen-bond acceptors (Lipinski definition) is 3. The summed E-state index contributed by atoms with van der Waals surface area (Å²) in [5.74, 6) is 0.693. The van der Waals surface area contributed by atoms with E-state index in [0.29, 0.717) is 12.2 Å². The molecule has 4 nitrogen and oxygen atoms in total. The molecule has 102 valence electrons. The summed E-state index contributed by atoms with van der Waals surface area (Å²) in [6.07, 6.45) is 2.80. The lowest BCUT2D eigenvalue weighted by molar-refractivity contribution is -0.117. The van der Waals surface area contributed by atoms with Crippen LogP contribution in [0.3, 0.4) is 0 Å². The summed E-state index contributed by atoms with van der Waals surface area (Å²) in [7, 11) is 0. The highest BCUT2D eigenvalue weighted by molar-refractivity contribution is 6.28. The summed E-state index contributed by atoms with van der Waals surface area (Å²) < 4.78 is 0. The van der Waals surface area contributed by atoms with Gasteiger partial charge in [0.25, 0.3) is 0 Å². The van der Waals surface area contributed by atoms with Gasteiger partial charge < -0.3 is 0 Å². The summed E-state index contributed by atoms with van der Waals surface area (Å²) in [5, 5.41) is 0.173. The Bertz CT molecular complexity index is 645. The third kappa shape index (κ3) is 2.16. The second kappa shape index (κ2) is 5.21. The summed E-state index contributed by atoms with van der Waals surface area (Å²) >= 11 is 5.87. The van der Waals surface area contributed by atoms with E-state index in [1.807, 2.05) is 30.3 Å². The molecule has 0 bridgehead atoms. The SMILES string of the molecule is CCC(c1ccccc1)N1C(=O)Cc2cnc(Cl)nc21. The number of benzene rings is 1. The van der Waals surface area contributed by atoms with Crippen LogP contribution in [-0.4, -0.2) is 15.9 Å². The molecule has 0 fully saturated rings. The van der Waals surface area contributed by atoms with E-state index in [1.165, 1.54) is 0 Å². The zero-order valence-electron chi connectivity index (χ0n) is 11.1. The molecule has 1 atom stereocenters. The number of hydrogen-bond donors (Lipinski definition) is 0. The fourth-order valence-corrected chi connectivity index (χ4v) is 2.77. The number of carbonyl (C=O) groups excluding carboxylic acids is 1. The molecule has 0 N–H and O–H groups in total. The van der Waals surface area contributed by atoms with Crippen molar-refractivity contribution in [2.75, 3.05) is 4.90 Å². The van der Waals surface area contributed by atoms with Crippen LogP contribution in [0.2, 0.25) is 5.28 Å². The van der Waals surface area contributed by atoms with Crippen LogP contribution in [0.5, 0.6) is 0 Å². The maximum Gasteiger partial charge on any atom is 0.233 e. The Hall–Kier alpha value is -1.94. The maximum atomic E-state index is 12.3. The maximum absolute atomic E-state index is 12.3. The molecular weight excluding hydrogens is 274 g/mol. The molecule has 3 rings (SSSR count). The molecule has 1 aliphatic heterocycles. The van der Waals surface area contributed by atoms with Gasteiger partial charge in [0, 0.05) is 11.8 Å². The molecule has 1 aromatic carbocycles. The van der Waals surface area contributed by atoms with Crippen molar-refractivity contribution >= 4 is 23.3 Å². The first kappa shape index (κ1) is 13.1. The third-order valence-corrected chi connectivity index (χ3v) is 3.72. The fourth-order valence-electron chi connectivity index (χ4n) is 2.64. The van der Waals surface area contributed by atoms with E-state index < -0.39 is 0 Å². The van der Waals surface area contributed by atoms with Crippen LogP contribution in [0.4, 0.5) is 5.82 Å². The van der Waals surface area contributed by atoms with Crippen molar-refractivity contribution in [2.24, 2.45) is 0 Å². The molecule has 20 heavy (non-hydrogen) atoms. The molecule has 0 aliphatic carbocycles. The Morgan fingerprint density at radius 2 is 2.10 bits per heavy atom. The number of rotatable bonds is 3. The van der Waals surface area contributed by atoms with E-state index >= 15 is 0 Å². The Morgan fingerprint density at radius 3 is 2.80 bits per heavy atom. The van der Waals surface area contributed by atoms with Crippen molar-refractivity contribution in [1.29, 1.82) is 0 Å². The fraction of sp³-hybridized carbons (Fsp3) is 0.267. The number of aromatic nitrogens is 2. The van der Waals surface area contributed by atoms with Gasteiger partial charge in [0.1, 0.15) is 5.82 Å². The van der Waals surface area contributed by atoms with Crippen LogP contribution in [-0.2, 0) is 11.2 Å². The molecule has 0 radical (unpaired) electrons. The van der Waals surface area contributed by atoms with E-state index in [0.717, 1.165) is 17.5 Å². The minimum atomic E-state index is -0.0177. The van der Waals surface area contributed by atoms with Crippen molar-refractivity contribution in [3.05, 3.63) is 52.9 Å². The lowest BCUT2D eigenvalue weighted by Gasteiger charge is -2.27. The third-order valence-electron chi connectivity index (χ3n) is 3.53. The summed E-state index contributed by atoms with van der Waals surface area (Å²) in [5.41, 5.74) is 1.94. The highest BCUT2D eigenvalue weighted by atomic mass is 35.5. The predicted octanol–water partition coefficient (Wildman–Crippen LogP) is 3.17. The Morgan fingerprint density at radius 1 is 1.35 bits per heavy atom. The number of anilines is 1. The minimum absolute atomic E-state index is 0.0177. The van der Waals surface area contributed by atoms with E-state index in [-0.39, 0.29) is 17.2 Å². The minimum Gasteiger partial charge on any atom is -0.289 e. The van der Waals surface area contributed by atoms with Gasteiger partial charge in [-0.25, -0.2) is 4.98 Å². The highest BCUT2D eigenvalue weighted by Crippen LogP contribution is 2.36. The smallest absolute Gasteiger partial charge is 0.233 e. The van der Waals surface area contributed by atoms with E-state index in [2.05, 4.69) is 16.9 Å². The number of carbonyl (C=O) groups is 1. The van der Waals surface area contributed by atoms with Gasteiger partial charge in [0.05, 0.1) is 12.5 Å². The highest BCUT2D eigenvalue weighted by Gasteiger charge is 2.34. The molecule has 0 saturated carbocycles. The number of halogens is 1.